The van der Waals surface area contributed by atoms with Crippen LogP contribution in [0.3, 0.4) is 0 Å². The number of carboxylic acid groups (broad SMARTS) is 1. The molecule has 1 aliphatic heterocycles. The number of aromatic nitrogens is 1. The summed E-state index contributed by atoms with van der Waals surface area (Å²) in [5, 5.41) is 18.8. The molecule has 2 N–H and O–H groups in total. The maximum absolute atomic E-state index is 14.5. The zero-order valence-corrected chi connectivity index (χ0v) is 13.2. The molecular weight excluding hydrogens is 334 g/mol. The number of pyridine rings is 1. The summed E-state index contributed by atoms with van der Waals surface area (Å²) in [6.45, 7) is 0.741. The van der Waals surface area contributed by atoms with Crippen molar-refractivity contribution in [3.05, 3.63) is 39.9 Å². The number of anilines is 1. The van der Waals surface area contributed by atoms with E-state index in [2.05, 4.69) is 0 Å². The monoisotopic (exact) mass is 350 g/mol. The summed E-state index contributed by atoms with van der Waals surface area (Å²) in [6, 6.07) is 1.90. The number of hydrogen-bond donors (Lipinski definition) is 2. The fourth-order valence-electron chi connectivity index (χ4n) is 3.43. The first-order chi connectivity index (χ1) is 11.9. The third kappa shape index (κ3) is 2.57. The Balaban J connectivity index is 1.95. The molecule has 132 valence electrons. The van der Waals surface area contributed by atoms with Crippen LogP contribution in [-0.4, -0.2) is 46.1 Å². The van der Waals surface area contributed by atoms with Gasteiger partial charge >= 0.3 is 5.97 Å². The Morgan fingerprint density at radius 3 is 2.60 bits per heavy atom. The molecular formula is C17H16F2N2O4. The predicted molar refractivity (Wildman–Crippen MR) is 86.5 cm³/mol. The van der Waals surface area contributed by atoms with Crippen LogP contribution in [0.5, 0.6) is 0 Å². The van der Waals surface area contributed by atoms with Gasteiger partial charge in [-0.2, -0.15) is 0 Å². The first kappa shape index (κ1) is 16.0. The highest BCUT2D eigenvalue weighted by Gasteiger charge is 2.40. The van der Waals surface area contributed by atoms with Gasteiger partial charge in [0.2, 0.25) is 5.43 Å². The Hall–Kier alpha value is -2.48. The number of carbonyl (C=O) groups is 1. The smallest absolute Gasteiger partial charge is 0.341 e. The Morgan fingerprint density at radius 2 is 2.04 bits per heavy atom. The molecule has 8 heteroatoms. The van der Waals surface area contributed by atoms with E-state index in [-0.39, 0.29) is 24.0 Å². The number of hydrogen-bond acceptors (Lipinski definition) is 4. The number of rotatable bonds is 3. The highest BCUT2D eigenvalue weighted by atomic mass is 19.1. The second-order valence-electron chi connectivity index (χ2n) is 6.61. The van der Waals surface area contributed by atoms with Crippen molar-refractivity contribution in [3.8, 4) is 0 Å². The van der Waals surface area contributed by atoms with Crippen molar-refractivity contribution in [2.24, 2.45) is 0 Å². The number of benzene rings is 1. The molecule has 1 aromatic carbocycles. The molecule has 1 aromatic heterocycles. The molecule has 6 nitrogen and oxygen atoms in total. The topological polar surface area (TPSA) is 82.8 Å². The normalized spacial score (nSPS) is 25.6. The Morgan fingerprint density at radius 1 is 1.32 bits per heavy atom. The molecule has 3 atom stereocenters. The minimum atomic E-state index is -1.43. The van der Waals surface area contributed by atoms with Crippen molar-refractivity contribution in [1.29, 1.82) is 0 Å². The van der Waals surface area contributed by atoms with E-state index < -0.39 is 41.1 Å². The molecule has 2 aromatic rings. The van der Waals surface area contributed by atoms with Gasteiger partial charge in [0.05, 0.1) is 23.3 Å². The number of aliphatic hydroxyl groups is 1. The molecule has 2 unspecified atom stereocenters. The lowest BCUT2D eigenvalue weighted by atomic mass is 10.1. The average Bonchev–Trinajstić information content (AvgIpc) is 3.11. The summed E-state index contributed by atoms with van der Waals surface area (Å²) in [5.74, 6) is -2.09. The van der Waals surface area contributed by atoms with Crippen molar-refractivity contribution >= 4 is 22.6 Å². The lowest BCUT2D eigenvalue weighted by Crippen LogP contribution is -2.24. The number of carboxylic acids is 1. The summed E-state index contributed by atoms with van der Waals surface area (Å²) in [6.07, 6.45) is 0.209. The summed E-state index contributed by atoms with van der Waals surface area (Å²) in [5.41, 5.74) is -0.772. The molecule has 25 heavy (non-hydrogen) atoms. The Bertz CT molecular complexity index is 942. The van der Waals surface area contributed by atoms with Crippen molar-refractivity contribution in [2.45, 2.75) is 31.2 Å². The van der Waals surface area contributed by atoms with Gasteiger partial charge in [0, 0.05) is 31.1 Å². The number of aromatic carboxylic acids is 1. The van der Waals surface area contributed by atoms with Gasteiger partial charge in [-0.1, -0.05) is 0 Å². The van der Waals surface area contributed by atoms with Gasteiger partial charge < -0.3 is 19.7 Å². The fourth-order valence-corrected chi connectivity index (χ4v) is 3.43. The molecule has 0 radical (unpaired) electrons. The first-order valence-corrected chi connectivity index (χ1v) is 8.05. The van der Waals surface area contributed by atoms with E-state index in [0.29, 0.717) is 18.5 Å². The SMILES string of the molecule is O=C(O)c1cn(C2C[C@@H]2F)c2cc(N3CCC(O)C3)c(F)cc2c1=O. The van der Waals surface area contributed by atoms with Crippen LogP contribution >= 0.6 is 0 Å². The molecule has 0 bridgehead atoms. The standard InChI is InChI=1S/C17H16F2N2O4/c18-11-3-9-13(5-14(11)20-2-1-8(22)6-20)21(15-4-12(15)19)7-10(16(9)23)17(24)25/h3,5,7-8,12,15,22H,1-2,4,6H2,(H,24,25)/t8?,12-,15?/m0/s1. The van der Waals surface area contributed by atoms with Gasteiger partial charge in [0.25, 0.3) is 0 Å². The average molecular weight is 350 g/mol. The minimum Gasteiger partial charge on any atom is -0.477 e. The van der Waals surface area contributed by atoms with E-state index >= 15 is 0 Å². The Labute approximate surface area is 140 Å². The van der Waals surface area contributed by atoms with Crippen molar-refractivity contribution in [3.63, 3.8) is 0 Å². The molecule has 2 aliphatic rings. The van der Waals surface area contributed by atoms with E-state index in [4.69, 9.17) is 0 Å². The third-order valence-electron chi connectivity index (χ3n) is 4.87. The van der Waals surface area contributed by atoms with Crippen molar-refractivity contribution in [1.82, 2.24) is 4.57 Å². The highest BCUT2D eigenvalue weighted by Crippen LogP contribution is 2.41. The summed E-state index contributed by atoms with van der Waals surface area (Å²) in [7, 11) is 0. The number of halogens is 2. The zero-order valence-electron chi connectivity index (χ0n) is 13.2. The van der Waals surface area contributed by atoms with Gasteiger partial charge in [-0.25, -0.2) is 13.6 Å². The fraction of sp³-hybridized carbons (Fsp3) is 0.412. The summed E-state index contributed by atoms with van der Waals surface area (Å²) < 4.78 is 29.6. The summed E-state index contributed by atoms with van der Waals surface area (Å²) >= 11 is 0. The number of aliphatic hydroxyl groups excluding tert-OH is 1. The van der Waals surface area contributed by atoms with Gasteiger partial charge in [-0.15, -0.1) is 0 Å². The molecule has 2 heterocycles. The van der Waals surface area contributed by atoms with Crippen LogP contribution in [0, 0.1) is 5.82 Å². The highest BCUT2D eigenvalue weighted by molar-refractivity contribution is 5.93. The quantitative estimate of drug-likeness (QED) is 0.880. The predicted octanol–water partition coefficient (Wildman–Crippen LogP) is 1.69. The molecule has 1 saturated carbocycles. The molecule has 1 aliphatic carbocycles. The van der Waals surface area contributed by atoms with E-state index in [1.807, 2.05) is 0 Å². The molecule has 1 saturated heterocycles. The largest absolute Gasteiger partial charge is 0.477 e. The number of β-amino-alcohol motifs (C(OH)–C–C–N with tert-alkyl or cyclic N) is 1. The van der Waals surface area contributed by atoms with Crippen LogP contribution < -0.4 is 10.3 Å². The van der Waals surface area contributed by atoms with E-state index in [0.717, 1.165) is 12.3 Å². The number of fused-ring (bicyclic) bond motifs is 1. The van der Waals surface area contributed by atoms with E-state index in [1.165, 1.54) is 10.6 Å². The van der Waals surface area contributed by atoms with Gasteiger partial charge in [0.1, 0.15) is 17.6 Å². The van der Waals surface area contributed by atoms with Crippen LogP contribution in [0.2, 0.25) is 0 Å². The van der Waals surface area contributed by atoms with Crippen molar-refractivity contribution in [2.75, 3.05) is 18.0 Å². The maximum atomic E-state index is 14.5. The lowest BCUT2D eigenvalue weighted by Gasteiger charge is -2.20. The van der Waals surface area contributed by atoms with Gasteiger partial charge in [-0.3, -0.25) is 4.79 Å². The Kier molecular flexibility index (Phi) is 3.54. The van der Waals surface area contributed by atoms with Crippen LogP contribution in [0.15, 0.2) is 23.1 Å². The molecule has 0 amide bonds. The second-order valence-corrected chi connectivity index (χ2v) is 6.61. The van der Waals surface area contributed by atoms with Crippen LogP contribution in [0.1, 0.15) is 29.2 Å². The minimum absolute atomic E-state index is 0.0833. The number of nitrogens with zero attached hydrogens (tertiary/aromatic N) is 2. The van der Waals surface area contributed by atoms with E-state index in [1.54, 1.807) is 4.90 Å². The molecule has 2 fully saturated rings. The first-order valence-electron chi connectivity index (χ1n) is 8.05. The second kappa shape index (κ2) is 5.52. The third-order valence-corrected chi connectivity index (χ3v) is 4.87. The van der Waals surface area contributed by atoms with Crippen LogP contribution in [-0.2, 0) is 0 Å². The lowest BCUT2D eigenvalue weighted by molar-refractivity contribution is 0.0694. The van der Waals surface area contributed by atoms with Crippen molar-refractivity contribution < 1.29 is 23.8 Å². The van der Waals surface area contributed by atoms with Gasteiger partial charge in [-0.05, 0) is 18.6 Å². The summed E-state index contributed by atoms with van der Waals surface area (Å²) in [4.78, 5) is 25.3. The zero-order chi connectivity index (χ0) is 17.9. The van der Waals surface area contributed by atoms with Crippen LogP contribution in [0.4, 0.5) is 14.5 Å². The number of alkyl halides is 1. The maximum Gasteiger partial charge on any atom is 0.341 e. The molecule has 0 spiro atoms. The van der Waals surface area contributed by atoms with Crippen LogP contribution in [0.25, 0.3) is 10.9 Å². The van der Waals surface area contributed by atoms with Gasteiger partial charge in [0.15, 0.2) is 0 Å². The van der Waals surface area contributed by atoms with E-state index in [9.17, 15) is 28.6 Å². The molecule has 4 rings (SSSR count).